The highest BCUT2D eigenvalue weighted by Gasteiger charge is 2.26. The molecular weight excluding hydrogens is 406 g/mol. The van der Waals surface area contributed by atoms with Crippen LogP contribution in [-0.4, -0.2) is 43.0 Å². The maximum Gasteiger partial charge on any atom is 0.256 e. The molecule has 1 N–H and O–H groups in total. The molecule has 0 spiro atoms. The molecule has 148 valence electrons. The molecule has 0 saturated carbocycles. The third-order valence-electron chi connectivity index (χ3n) is 4.69. The van der Waals surface area contributed by atoms with Crippen molar-refractivity contribution in [1.82, 2.24) is 10.2 Å². The minimum absolute atomic E-state index is 0.0625. The molecule has 1 fully saturated rings. The average Bonchev–Trinajstić information content (AvgIpc) is 2.68. The highest BCUT2D eigenvalue weighted by atomic mass is 35.5. The van der Waals surface area contributed by atoms with Crippen molar-refractivity contribution in [2.45, 2.75) is 18.9 Å². The fraction of sp³-hybridized carbons (Fsp3) is 0.300. The topological polar surface area (TPSA) is 58.6 Å². The van der Waals surface area contributed by atoms with Crippen LogP contribution in [-0.2, 0) is 0 Å². The molecule has 0 aromatic heterocycles. The van der Waals surface area contributed by atoms with Gasteiger partial charge in [-0.25, -0.2) is 4.39 Å². The van der Waals surface area contributed by atoms with Gasteiger partial charge in [-0.15, -0.1) is 0 Å². The van der Waals surface area contributed by atoms with Crippen LogP contribution in [0.1, 0.15) is 33.6 Å². The third kappa shape index (κ3) is 4.39. The number of nitrogens with one attached hydrogen (secondary N) is 1. The lowest BCUT2D eigenvalue weighted by Gasteiger charge is -2.32. The molecule has 2 amide bonds. The molecule has 0 radical (unpaired) electrons. The summed E-state index contributed by atoms with van der Waals surface area (Å²) in [4.78, 5) is 26.6. The van der Waals surface area contributed by atoms with Crippen molar-refractivity contribution in [3.05, 3.63) is 63.4 Å². The number of carbonyl (C=O) groups excluding carboxylic acids is 2. The van der Waals surface area contributed by atoms with Gasteiger partial charge in [-0.05, 0) is 37.1 Å². The van der Waals surface area contributed by atoms with E-state index in [4.69, 9.17) is 27.9 Å². The molecule has 0 unspecified atom stereocenters. The van der Waals surface area contributed by atoms with Gasteiger partial charge >= 0.3 is 0 Å². The number of ether oxygens (including phenoxy) is 1. The number of hydrogen-bond donors (Lipinski definition) is 1. The van der Waals surface area contributed by atoms with E-state index in [0.717, 1.165) is 0 Å². The van der Waals surface area contributed by atoms with Crippen LogP contribution in [0.15, 0.2) is 36.4 Å². The van der Waals surface area contributed by atoms with E-state index in [1.807, 2.05) is 0 Å². The predicted molar refractivity (Wildman–Crippen MR) is 106 cm³/mol. The molecule has 1 aliphatic heterocycles. The molecular formula is C20H19Cl2FN2O3. The van der Waals surface area contributed by atoms with Crippen LogP contribution in [0.5, 0.6) is 5.75 Å². The molecule has 1 aliphatic rings. The highest BCUT2D eigenvalue weighted by Crippen LogP contribution is 2.33. The molecule has 2 aromatic rings. The monoisotopic (exact) mass is 424 g/mol. The van der Waals surface area contributed by atoms with Crippen molar-refractivity contribution in [3.63, 3.8) is 0 Å². The lowest BCUT2D eigenvalue weighted by molar-refractivity contribution is 0.0693. The van der Waals surface area contributed by atoms with Crippen molar-refractivity contribution < 1.29 is 18.7 Å². The second-order valence-electron chi connectivity index (χ2n) is 6.49. The summed E-state index contributed by atoms with van der Waals surface area (Å²) in [5.74, 6) is -0.849. The number of amides is 2. The first-order chi connectivity index (χ1) is 13.4. The van der Waals surface area contributed by atoms with Gasteiger partial charge in [-0.2, -0.15) is 0 Å². The molecule has 8 heteroatoms. The van der Waals surface area contributed by atoms with Crippen LogP contribution in [0.2, 0.25) is 10.0 Å². The maximum absolute atomic E-state index is 13.8. The summed E-state index contributed by atoms with van der Waals surface area (Å²) in [6, 6.07) is 8.82. The number of methoxy groups -OCH3 is 1. The van der Waals surface area contributed by atoms with Crippen molar-refractivity contribution in [1.29, 1.82) is 0 Å². The van der Waals surface area contributed by atoms with E-state index < -0.39 is 5.82 Å². The third-order valence-corrected chi connectivity index (χ3v) is 5.25. The molecule has 28 heavy (non-hydrogen) atoms. The Bertz CT molecular complexity index is 876. The summed E-state index contributed by atoms with van der Waals surface area (Å²) < 4.78 is 18.9. The van der Waals surface area contributed by atoms with E-state index in [-0.39, 0.29) is 33.5 Å². The van der Waals surface area contributed by atoms with Crippen LogP contribution >= 0.6 is 23.2 Å². The first-order valence-electron chi connectivity index (χ1n) is 8.78. The Labute approximate surface area is 172 Å². The van der Waals surface area contributed by atoms with Gasteiger partial charge in [0.1, 0.15) is 5.82 Å². The van der Waals surface area contributed by atoms with Gasteiger partial charge in [-0.1, -0.05) is 35.3 Å². The van der Waals surface area contributed by atoms with Crippen LogP contribution in [0.25, 0.3) is 0 Å². The van der Waals surface area contributed by atoms with E-state index in [9.17, 15) is 14.0 Å². The molecule has 1 heterocycles. The Balaban J connectivity index is 1.59. The Morgan fingerprint density at radius 2 is 1.75 bits per heavy atom. The summed E-state index contributed by atoms with van der Waals surface area (Å²) in [5.41, 5.74) is 0.396. The van der Waals surface area contributed by atoms with Gasteiger partial charge in [0.05, 0.1) is 22.7 Å². The minimum atomic E-state index is -0.531. The van der Waals surface area contributed by atoms with E-state index >= 15 is 0 Å². The van der Waals surface area contributed by atoms with Gasteiger partial charge in [-0.3, -0.25) is 9.59 Å². The smallest absolute Gasteiger partial charge is 0.256 e. The Morgan fingerprint density at radius 1 is 1.14 bits per heavy atom. The van der Waals surface area contributed by atoms with Crippen molar-refractivity contribution >= 4 is 35.0 Å². The summed E-state index contributed by atoms with van der Waals surface area (Å²) in [7, 11) is 1.45. The fourth-order valence-electron chi connectivity index (χ4n) is 3.19. The van der Waals surface area contributed by atoms with Crippen LogP contribution in [0.3, 0.4) is 0 Å². The van der Waals surface area contributed by atoms with Crippen LogP contribution in [0.4, 0.5) is 4.39 Å². The zero-order valence-corrected chi connectivity index (χ0v) is 16.7. The Hall–Kier alpha value is -2.31. The second kappa shape index (κ2) is 8.80. The number of likely N-dealkylation sites (tertiary alicyclic amines) is 1. The van der Waals surface area contributed by atoms with Crippen molar-refractivity contribution in [2.75, 3.05) is 20.2 Å². The standard InChI is InChI=1S/C20H19Cl2FN2O3/c1-28-18-15(21)10-12(11-16(18)22)19(26)24-13-6-8-25(9-7-13)20(27)14-4-2-3-5-17(14)23/h2-5,10-11,13H,6-9H2,1H3,(H,24,26). The molecule has 2 aromatic carbocycles. The van der Waals surface area contributed by atoms with E-state index in [1.165, 1.54) is 31.4 Å². The van der Waals surface area contributed by atoms with Crippen LogP contribution in [0, 0.1) is 5.82 Å². The zero-order chi connectivity index (χ0) is 20.3. The van der Waals surface area contributed by atoms with Gasteiger partial charge in [0.15, 0.2) is 5.75 Å². The number of nitrogens with zero attached hydrogens (tertiary/aromatic N) is 1. The molecule has 1 saturated heterocycles. The minimum Gasteiger partial charge on any atom is -0.494 e. The molecule has 0 aliphatic carbocycles. The number of rotatable bonds is 4. The predicted octanol–water partition coefficient (Wildman–Crippen LogP) is 4.18. The number of hydrogen-bond acceptors (Lipinski definition) is 3. The molecule has 3 rings (SSSR count). The quantitative estimate of drug-likeness (QED) is 0.800. The fourth-order valence-corrected chi connectivity index (χ4v) is 3.83. The van der Waals surface area contributed by atoms with E-state index in [0.29, 0.717) is 37.2 Å². The summed E-state index contributed by atoms with van der Waals surface area (Å²) in [6.45, 7) is 0.866. The lowest BCUT2D eigenvalue weighted by Crippen LogP contribution is -2.46. The number of piperidine rings is 1. The van der Waals surface area contributed by atoms with E-state index in [2.05, 4.69) is 5.32 Å². The van der Waals surface area contributed by atoms with Gasteiger partial charge in [0.25, 0.3) is 11.8 Å². The number of carbonyl (C=O) groups is 2. The largest absolute Gasteiger partial charge is 0.494 e. The number of halogens is 3. The lowest BCUT2D eigenvalue weighted by atomic mass is 10.0. The van der Waals surface area contributed by atoms with Crippen molar-refractivity contribution in [2.24, 2.45) is 0 Å². The van der Waals surface area contributed by atoms with Gasteiger partial charge < -0.3 is 15.0 Å². The first kappa shape index (κ1) is 20.4. The Kier molecular flexibility index (Phi) is 6.42. The first-order valence-corrected chi connectivity index (χ1v) is 9.54. The van der Waals surface area contributed by atoms with E-state index in [1.54, 1.807) is 17.0 Å². The summed E-state index contributed by atoms with van der Waals surface area (Å²) in [5, 5.41) is 3.44. The van der Waals surface area contributed by atoms with Gasteiger partial charge in [0, 0.05) is 24.7 Å². The average molecular weight is 425 g/mol. The maximum atomic E-state index is 13.8. The summed E-state index contributed by atoms with van der Waals surface area (Å²) in [6.07, 6.45) is 1.15. The SMILES string of the molecule is COc1c(Cl)cc(C(=O)NC2CCN(C(=O)c3ccccc3F)CC2)cc1Cl. The zero-order valence-electron chi connectivity index (χ0n) is 15.2. The molecule has 0 bridgehead atoms. The highest BCUT2D eigenvalue weighted by molar-refractivity contribution is 6.37. The Morgan fingerprint density at radius 3 is 2.32 bits per heavy atom. The number of benzene rings is 2. The summed E-state index contributed by atoms with van der Waals surface area (Å²) >= 11 is 12.2. The molecule has 5 nitrogen and oxygen atoms in total. The second-order valence-corrected chi connectivity index (χ2v) is 7.31. The van der Waals surface area contributed by atoms with Crippen molar-refractivity contribution in [3.8, 4) is 5.75 Å². The normalized spacial score (nSPS) is 14.6. The van der Waals surface area contributed by atoms with Crippen LogP contribution < -0.4 is 10.1 Å². The van der Waals surface area contributed by atoms with Gasteiger partial charge in [0.2, 0.25) is 0 Å². The molecule has 0 atom stereocenters.